The Bertz CT molecular complexity index is 839. The Balaban J connectivity index is 1.41. The molecular weight excluding hydrogens is 320 g/mol. The molecule has 4 rings (SSSR count). The van der Waals surface area contributed by atoms with Crippen molar-refractivity contribution in [3.63, 3.8) is 0 Å². The van der Waals surface area contributed by atoms with E-state index in [0.717, 1.165) is 37.1 Å². The van der Waals surface area contributed by atoms with Gasteiger partial charge in [0.05, 0.1) is 11.6 Å². The average molecular weight is 338 g/mol. The van der Waals surface area contributed by atoms with Crippen molar-refractivity contribution in [3.05, 3.63) is 48.3 Å². The number of nitrogens with zero attached hydrogens (tertiary/aromatic N) is 7. The van der Waals surface area contributed by atoms with Gasteiger partial charge in [-0.1, -0.05) is 18.6 Å². The molecule has 1 aliphatic heterocycles. The Morgan fingerprint density at radius 1 is 1.24 bits per heavy atom. The molecule has 0 saturated heterocycles. The minimum Gasteiger partial charge on any atom is -0.351 e. The lowest BCUT2D eigenvalue weighted by molar-refractivity contribution is -0.123. The Labute approximate surface area is 144 Å². The van der Waals surface area contributed by atoms with Gasteiger partial charge >= 0.3 is 0 Å². The van der Waals surface area contributed by atoms with Crippen LogP contribution >= 0.6 is 0 Å². The minimum absolute atomic E-state index is 0.0293. The van der Waals surface area contributed by atoms with E-state index in [4.69, 9.17) is 0 Å². The zero-order valence-electron chi connectivity index (χ0n) is 13.6. The summed E-state index contributed by atoms with van der Waals surface area (Å²) < 4.78 is 3.43. The molecule has 1 amide bonds. The van der Waals surface area contributed by atoms with Crippen molar-refractivity contribution in [2.75, 3.05) is 0 Å². The molecule has 0 aliphatic carbocycles. The zero-order chi connectivity index (χ0) is 17.1. The number of hydrogen-bond acceptors (Lipinski definition) is 6. The molecule has 25 heavy (non-hydrogen) atoms. The fourth-order valence-electron chi connectivity index (χ4n) is 3.03. The number of tetrazole rings is 1. The number of carbonyl (C=O) groups is 1. The average Bonchev–Trinajstić information content (AvgIpc) is 3.29. The highest BCUT2D eigenvalue weighted by Gasteiger charge is 2.28. The normalized spacial score (nSPS) is 16.9. The Morgan fingerprint density at radius 3 is 2.92 bits per heavy atom. The monoisotopic (exact) mass is 338 g/mol. The van der Waals surface area contributed by atoms with E-state index in [1.807, 2.05) is 24.3 Å². The van der Waals surface area contributed by atoms with Gasteiger partial charge in [0.1, 0.15) is 12.7 Å². The largest absolute Gasteiger partial charge is 0.351 e. The number of aromatic nitrogens is 7. The molecule has 1 unspecified atom stereocenters. The molecule has 0 bridgehead atoms. The van der Waals surface area contributed by atoms with Gasteiger partial charge in [-0.15, -0.1) is 5.10 Å². The number of benzene rings is 1. The van der Waals surface area contributed by atoms with Crippen molar-refractivity contribution < 1.29 is 4.79 Å². The van der Waals surface area contributed by atoms with Gasteiger partial charge in [-0.2, -0.15) is 5.10 Å². The molecule has 3 aromatic rings. The molecule has 3 heterocycles. The van der Waals surface area contributed by atoms with Gasteiger partial charge in [0.2, 0.25) is 5.91 Å². The molecule has 0 radical (unpaired) electrons. The van der Waals surface area contributed by atoms with Gasteiger partial charge < -0.3 is 5.32 Å². The molecule has 2 aromatic heterocycles. The highest BCUT2D eigenvalue weighted by atomic mass is 16.1. The number of nitrogens with one attached hydrogen (secondary N) is 1. The zero-order valence-corrected chi connectivity index (χ0v) is 13.6. The van der Waals surface area contributed by atoms with Crippen LogP contribution in [-0.2, 0) is 17.9 Å². The van der Waals surface area contributed by atoms with Gasteiger partial charge in [0.25, 0.3) is 0 Å². The number of amides is 1. The molecule has 128 valence electrons. The van der Waals surface area contributed by atoms with Crippen LogP contribution in [0.1, 0.15) is 36.6 Å². The van der Waals surface area contributed by atoms with E-state index in [2.05, 4.69) is 30.9 Å². The predicted octanol–water partition coefficient (Wildman–Crippen LogP) is 0.838. The third-order valence-corrected chi connectivity index (χ3v) is 4.39. The number of fused-ring (bicyclic) bond motifs is 1. The van der Waals surface area contributed by atoms with Crippen molar-refractivity contribution in [1.29, 1.82) is 0 Å². The lowest BCUT2D eigenvalue weighted by atomic mass is 10.0. The summed E-state index contributed by atoms with van der Waals surface area (Å²) in [5, 5.41) is 18.8. The molecule has 0 saturated carbocycles. The Morgan fingerprint density at radius 2 is 2.12 bits per heavy atom. The Hall–Kier alpha value is -3.10. The summed E-state index contributed by atoms with van der Waals surface area (Å²) in [6.45, 7) is 1.24. The highest BCUT2D eigenvalue weighted by molar-refractivity contribution is 5.82. The number of hydrogen-bond donors (Lipinski definition) is 1. The smallest absolute Gasteiger partial charge is 0.231 e. The van der Waals surface area contributed by atoms with Crippen LogP contribution in [0.2, 0.25) is 0 Å². The molecule has 0 fully saturated rings. The second-order valence-corrected chi connectivity index (χ2v) is 6.03. The van der Waals surface area contributed by atoms with Crippen molar-refractivity contribution >= 4 is 5.91 Å². The van der Waals surface area contributed by atoms with Crippen LogP contribution < -0.4 is 5.32 Å². The SMILES string of the molecule is O=C(NCc1ccc(-n2cncn2)cc1)C1CCCCn2nnnc21. The molecule has 1 N–H and O–H groups in total. The maximum absolute atomic E-state index is 12.6. The molecule has 9 nitrogen and oxygen atoms in total. The first-order valence-electron chi connectivity index (χ1n) is 8.29. The lowest BCUT2D eigenvalue weighted by Crippen LogP contribution is -2.30. The second kappa shape index (κ2) is 6.80. The summed E-state index contributed by atoms with van der Waals surface area (Å²) in [7, 11) is 0. The molecule has 1 aromatic carbocycles. The van der Waals surface area contributed by atoms with Crippen LogP contribution in [0.4, 0.5) is 0 Å². The summed E-state index contributed by atoms with van der Waals surface area (Å²) >= 11 is 0. The van der Waals surface area contributed by atoms with Gasteiger partial charge in [-0.3, -0.25) is 4.79 Å². The summed E-state index contributed by atoms with van der Waals surface area (Å²) in [5.41, 5.74) is 1.95. The Kier molecular flexibility index (Phi) is 4.19. The number of carbonyl (C=O) groups excluding carboxylic acids is 1. The van der Waals surface area contributed by atoms with Crippen LogP contribution in [0.25, 0.3) is 5.69 Å². The first kappa shape index (κ1) is 15.4. The molecule has 1 atom stereocenters. The van der Waals surface area contributed by atoms with E-state index in [-0.39, 0.29) is 11.8 Å². The summed E-state index contributed by atoms with van der Waals surface area (Å²) in [6.07, 6.45) is 5.89. The molecule has 9 heteroatoms. The van der Waals surface area contributed by atoms with Gasteiger partial charge in [0.15, 0.2) is 5.82 Å². The quantitative estimate of drug-likeness (QED) is 0.756. The van der Waals surface area contributed by atoms with E-state index < -0.39 is 0 Å². The molecule has 0 spiro atoms. The predicted molar refractivity (Wildman–Crippen MR) is 87.6 cm³/mol. The maximum atomic E-state index is 12.6. The van der Waals surface area contributed by atoms with Gasteiger partial charge in [-0.25, -0.2) is 14.3 Å². The molecular formula is C16H18N8O. The summed E-state index contributed by atoms with van der Waals surface area (Å²) in [5.74, 6) is 0.349. The van der Waals surface area contributed by atoms with Crippen LogP contribution in [0.15, 0.2) is 36.9 Å². The fourth-order valence-corrected chi connectivity index (χ4v) is 3.03. The third kappa shape index (κ3) is 3.25. The van der Waals surface area contributed by atoms with Crippen molar-refractivity contribution in [2.24, 2.45) is 0 Å². The molecule has 1 aliphatic rings. The van der Waals surface area contributed by atoms with Crippen molar-refractivity contribution in [2.45, 2.75) is 38.3 Å². The van der Waals surface area contributed by atoms with Crippen LogP contribution in [-0.4, -0.2) is 40.9 Å². The number of aryl methyl sites for hydroxylation is 1. The first-order chi connectivity index (χ1) is 12.3. The first-order valence-corrected chi connectivity index (χ1v) is 8.29. The minimum atomic E-state index is -0.285. The van der Waals surface area contributed by atoms with Crippen molar-refractivity contribution in [1.82, 2.24) is 40.3 Å². The van der Waals surface area contributed by atoms with E-state index >= 15 is 0 Å². The van der Waals surface area contributed by atoms with Crippen LogP contribution in [0.5, 0.6) is 0 Å². The number of rotatable bonds is 4. The van der Waals surface area contributed by atoms with Crippen LogP contribution in [0, 0.1) is 0 Å². The van der Waals surface area contributed by atoms with E-state index in [9.17, 15) is 4.79 Å². The van der Waals surface area contributed by atoms with Gasteiger partial charge in [0, 0.05) is 13.1 Å². The van der Waals surface area contributed by atoms with E-state index in [1.165, 1.54) is 6.33 Å². The maximum Gasteiger partial charge on any atom is 0.231 e. The standard InChI is InChI=1S/C16H18N8O/c25-16(14-3-1-2-8-23-15(14)20-21-22-23)18-9-12-4-6-13(7-5-12)24-11-17-10-19-24/h4-7,10-11,14H,1-3,8-9H2,(H,18,25). The summed E-state index contributed by atoms with van der Waals surface area (Å²) in [4.78, 5) is 16.5. The van der Waals surface area contributed by atoms with E-state index in [0.29, 0.717) is 12.4 Å². The van der Waals surface area contributed by atoms with E-state index in [1.54, 1.807) is 15.7 Å². The van der Waals surface area contributed by atoms with Gasteiger partial charge in [-0.05, 0) is 41.0 Å². The van der Waals surface area contributed by atoms with Crippen molar-refractivity contribution in [3.8, 4) is 5.69 Å². The third-order valence-electron chi connectivity index (χ3n) is 4.39. The lowest BCUT2D eigenvalue weighted by Gasteiger charge is -2.13. The highest BCUT2D eigenvalue weighted by Crippen LogP contribution is 2.24. The van der Waals surface area contributed by atoms with Crippen LogP contribution in [0.3, 0.4) is 0 Å². The second-order valence-electron chi connectivity index (χ2n) is 6.03. The fraction of sp³-hybridized carbons (Fsp3) is 0.375. The topological polar surface area (TPSA) is 103 Å². The summed E-state index contributed by atoms with van der Waals surface area (Å²) in [6, 6.07) is 7.83.